The quantitative estimate of drug-likeness (QED) is 0.381. The number of unbranched alkanes of at least 4 members (excludes halogenated alkanes) is 3. The van der Waals surface area contributed by atoms with Gasteiger partial charge in [0.25, 0.3) is 0 Å². The van der Waals surface area contributed by atoms with Gasteiger partial charge in [-0.25, -0.2) is 4.39 Å². The van der Waals surface area contributed by atoms with Crippen molar-refractivity contribution in [3.63, 3.8) is 0 Å². The fraction of sp³-hybridized carbons (Fsp3) is 0.500. The van der Waals surface area contributed by atoms with Gasteiger partial charge in [-0.2, -0.15) is 0 Å². The summed E-state index contributed by atoms with van der Waals surface area (Å²) >= 11 is 7.17. The second-order valence-electron chi connectivity index (χ2n) is 3.38. The molecule has 1 aromatic rings. The molecular weight excluding hydrogens is 231 g/mol. The lowest BCUT2D eigenvalue weighted by Crippen LogP contribution is -1.85. The fourth-order valence-corrected chi connectivity index (χ4v) is 2.43. The zero-order chi connectivity index (χ0) is 10.9. The highest BCUT2D eigenvalue weighted by Gasteiger charge is 2.00. The van der Waals surface area contributed by atoms with Crippen LogP contribution in [-0.2, 0) is 0 Å². The molecule has 0 heterocycles. The van der Waals surface area contributed by atoms with Gasteiger partial charge in [-0.3, -0.25) is 0 Å². The monoisotopic (exact) mass is 246 g/mol. The number of rotatable bonds is 7. The molecule has 1 aromatic carbocycles. The molecule has 0 nitrogen and oxygen atoms in total. The molecule has 0 atom stereocenters. The minimum Gasteiger partial charge on any atom is -0.206 e. The maximum Gasteiger partial charge on any atom is 0.136 e. The third-order valence-electron chi connectivity index (χ3n) is 2.12. The maximum atomic E-state index is 13.2. The van der Waals surface area contributed by atoms with Gasteiger partial charge in [-0.05, 0) is 30.7 Å². The van der Waals surface area contributed by atoms with E-state index in [1.165, 1.54) is 18.9 Å². The molecular formula is C12H16ClFS. The molecule has 0 aliphatic carbocycles. The van der Waals surface area contributed by atoms with Crippen molar-refractivity contribution in [2.24, 2.45) is 0 Å². The van der Waals surface area contributed by atoms with Crippen molar-refractivity contribution in [2.75, 3.05) is 11.6 Å². The molecule has 1 rings (SSSR count). The SMILES string of the molecule is Fc1ccccc1SCCCCCCCl. The second kappa shape index (κ2) is 8.00. The number of benzene rings is 1. The summed E-state index contributed by atoms with van der Waals surface area (Å²) in [6.45, 7) is 0. The molecule has 0 saturated heterocycles. The van der Waals surface area contributed by atoms with Crippen LogP contribution < -0.4 is 0 Å². The van der Waals surface area contributed by atoms with Crippen molar-refractivity contribution in [1.82, 2.24) is 0 Å². The minimum absolute atomic E-state index is 0.108. The normalized spacial score (nSPS) is 10.5. The zero-order valence-corrected chi connectivity index (χ0v) is 10.3. The molecule has 0 radical (unpaired) electrons. The van der Waals surface area contributed by atoms with E-state index in [1.54, 1.807) is 17.8 Å². The lowest BCUT2D eigenvalue weighted by Gasteiger charge is -2.02. The zero-order valence-electron chi connectivity index (χ0n) is 8.72. The Balaban J connectivity index is 2.12. The Hall–Kier alpha value is -0.210. The van der Waals surface area contributed by atoms with Crippen molar-refractivity contribution in [3.05, 3.63) is 30.1 Å². The minimum atomic E-state index is -0.108. The van der Waals surface area contributed by atoms with Crippen LogP contribution in [0.1, 0.15) is 25.7 Å². The third-order valence-corrected chi connectivity index (χ3v) is 3.52. The van der Waals surface area contributed by atoms with E-state index in [4.69, 9.17) is 11.6 Å². The standard InChI is InChI=1S/C12H16ClFS/c13-9-5-1-2-6-10-15-12-8-4-3-7-11(12)14/h3-4,7-8H,1-2,5-6,9-10H2. The molecule has 0 fully saturated rings. The summed E-state index contributed by atoms with van der Waals surface area (Å²) in [4.78, 5) is 0.759. The molecule has 0 unspecified atom stereocenters. The average Bonchev–Trinajstić information content (AvgIpc) is 2.25. The van der Waals surface area contributed by atoms with Crippen LogP contribution in [0, 0.1) is 5.82 Å². The molecule has 0 aliphatic rings. The summed E-state index contributed by atoms with van der Waals surface area (Å²) in [6, 6.07) is 6.94. The lowest BCUT2D eigenvalue weighted by molar-refractivity contribution is 0.601. The van der Waals surface area contributed by atoms with E-state index in [9.17, 15) is 4.39 Å². The van der Waals surface area contributed by atoms with E-state index >= 15 is 0 Å². The first-order chi connectivity index (χ1) is 7.34. The Kier molecular flexibility index (Phi) is 6.86. The Bertz CT molecular complexity index is 278. The summed E-state index contributed by atoms with van der Waals surface area (Å²) in [6.07, 6.45) is 4.59. The number of hydrogen-bond donors (Lipinski definition) is 0. The largest absolute Gasteiger partial charge is 0.206 e. The predicted molar refractivity (Wildman–Crippen MR) is 66.3 cm³/mol. The van der Waals surface area contributed by atoms with E-state index < -0.39 is 0 Å². The number of thioether (sulfide) groups is 1. The molecule has 0 aliphatic heterocycles. The molecule has 3 heteroatoms. The van der Waals surface area contributed by atoms with Gasteiger partial charge in [0.2, 0.25) is 0 Å². The second-order valence-corrected chi connectivity index (χ2v) is 4.90. The van der Waals surface area contributed by atoms with Gasteiger partial charge in [-0.15, -0.1) is 23.4 Å². The topological polar surface area (TPSA) is 0 Å². The average molecular weight is 247 g/mol. The van der Waals surface area contributed by atoms with Gasteiger partial charge >= 0.3 is 0 Å². The van der Waals surface area contributed by atoms with E-state index in [2.05, 4.69) is 0 Å². The molecule has 84 valence electrons. The van der Waals surface area contributed by atoms with E-state index in [-0.39, 0.29) is 5.82 Å². The molecule has 15 heavy (non-hydrogen) atoms. The Labute approximate surface area is 100 Å². The summed E-state index contributed by atoms with van der Waals surface area (Å²) < 4.78 is 13.2. The molecule has 0 saturated carbocycles. The van der Waals surface area contributed by atoms with Crippen molar-refractivity contribution >= 4 is 23.4 Å². The van der Waals surface area contributed by atoms with Gasteiger partial charge in [-0.1, -0.05) is 25.0 Å². The van der Waals surface area contributed by atoms with Gasteiger partial charge in [0, 0.05) is 10.8 Å². The van der Waals surface area contributed by atoms with Gasteiger partial charge in [0.1, 0.15) is 5.82 Å². The molecule has 0 N–H and O–H groups in total. The first-order valence-corrected chi connectivity index (χ1v) is 6.80. The maximum absolute atomic E-state index is 13.2. The molecule has 0 spiro atoms. The molecule has 0 aromatic heterocycles. The smallest absolute Gasteiger partial charge is 0.136 e. The van der Waals surface area contributed by atoms with Crippen LogP contribution in [0.3, 0.4) is 0 Å². The number of halogens is 2. The van der Waals surface area contributed by atoms with Crippen LogP contribution in [0.25, 0.3) is 0 Å². The van der Waals surface area contributed by atoms with E-state index in [0.29, 0.717) is 0 Å². The number of hydrogen-bond acceptors (Lipinski definition) is 1. The highest BCUT2D eigenvalue weighted by atomic mass is 35.5. The molecule has 0 bridgehead atoms. The first kappa shape index (κ1) is 12.9. The summed E-state index contributed by atoms with van der Waals surface area (Å²) in [5.74, 6) is 1.63. The van der Waals surface area contributed by atoms with E-state index in [1.807, 2.05) is 12.1 Å². The van der Waals surface area contributed by atoms with Crippen molar-refractivity contribution in [2.45, 2.75) is 30.6 Å². The highest BCUT2D eigenvalue weighted by molar-refractivity contribution is 7.99. The van der Waals surface area contributed by atoms with Crippen LogP contribution in [0.2, 0.25) is 0 Å². The Morgan fingerprint density at radius 2 is 1.80 bits per heavy atom. The predicted octanol–water partition coefficient (Wildman–Crippen LogP) is 4.72. The van der Waals surface area contributed by atoms with Gasteiger partial charge in [0.05, 0.1) is 0 Å². The van der Waals surface area contributed by atoms with Gasteiger partial charge < -0.3 is 0 Å². The summed E-state index contributed by atoms with van der Waals surface area (Å²) in [7, 11) is 0. The summed E-state index contributed by atoms with van der Waals surface area (Å²) in [5.41, 5.74) is 0. The van der Waals surface area contributed by atoms with Crippen LogP contribution in [-0.4, -0.2) is 11.6 Å². The number of alkyl halides is 1. The Morgan fingerprint density at radius 1 is 1.07 bits per heavy atom. The van der Waals surface area contributed by atoms with Crippen molar-refractivity contribution < 1.29 is 4.39 Å². The third kappa shape index (κ3) is 5.43. The molecule has 0 amide bonds. The van der Waals surface area contributed by atoms with Gasteiger partial charge in [0.15, 0.2) is 0 Å². The van der Waals surface area contributed by atoms with Crippen LogP contribution in [0.4, 0.5) is 4.39 Å². The highest BCUT2D eigenvalue weighted by Crippen LogP contribution is 2.22. The van der Waals surface area contributed by atoms with Crippen LogP contribution in [0.15, 0.2) is 29.2 Å². The van der Waals surface area contributed by atoms with Crippen molar-refractivity contribution in [3.8, 4) is 0 Å². The first-order valence-electron chi connectivity index (χ1n) is 5.28. The van der Waals surface area contributed by atoms with Crippen LogP contribution in [0.5, 0.6) is 0 Å². The van der Waals surface area contributed by atoms with Crippen molar-refractivity contribution in [1.29, 1.82) is 0 Å². The fourth-order valence-electron chi connectivity index (χ4n) is 1.29. The summed E-state index contributed by atoms with van der Waals surface area (Å²) in [5, 5.41) is 0. The van der Waals surface area contributed by atoms with E-state index in [0.717, 1.165) is 29.4 Å². The van der Waals surface area contributed by atoms with Crippen LogP contribution >= 0.6 is 23.4 Å². The Morgan fingerprint density at radius 3 is 2.53 bits per heavy atom. The lowest BCUT2D eigenvalue weighted by atomic mass is 10.2.